The van der Waals surface area contributed by atoms with Gasteiger partial charge < -0.3 is 0 Å². The molecule has 0 atom stereocenters. The molecule has 2 aliphatic rings. The minimum atomic E-state index is 0.903. The largest absolute Gasteiger partial charge is 0.264 e. The normalized spacial score (nSPS) is 10.3. The van der Waals surface area contributed by atoms with Crippen LogP contribution in [0.1, 0.15) is 5.69 Å². The number of aryl methyl sites for hydroxylation is 1. The van der Waals surface area contributed by atoms with Gasteiger partial charge in [-0.05, 0) is 19.1 Å². The molecule has 0 saturated carbocycles. The van der Waals surface area contributed by atoms with Gasteiger partial charge in [0.25, 0.3) is 0 Å². The van der Waals surface area contributed by atoms with E-state index in [1.807, 2.05) is 19.1 Å². The van der Waals surface area contributed by atoms with Gasteiger partial charge in [-0.3, -0.25) is 4.98 Å². The number of hydrogen-bond donors (Lipinski definition) is 0. The van der Waals surface area contributed by atoms with Crippen molar-refractivity contribution in [2.45, 2.75) is 6.92 Å². The number of nitrogens with zero attached hydrogens (tertiary/aromatic N) is 3. The molecule has 0 radical (unpaired) electrons. The first-order chi connectivity index (χ1) is 5.38. The Morgan fingerprint density at radius 2 is 2.18 bits per heavy atom. The summed E-state index contributed by atoms with van der Waals surface area (Å²) in [7, 11) is 0. The van der Waals surface area contributed by atoms with Gasteiger partial charge in [-0.1, -0.05) is 0 Å². The predicted octanol–water partition coefficient (Wildman–Crippen LogP) is 1.28. The van der Waals surface area contributed by atoms with Gasteiger partial charge in [-0.25, -0.2) is 0 Å². The fourth-order valence-corrected chi connectivity index (χ4v) is 1.01. The zero-order valence-corrected chi connectivity index (χ0v) is 6.15. The molecule has 54 valence electrons. The van der Waals surface area contributed by atoms with Crippen molar-refractivity contribution in [1.82, 2.24) is 15.2 Å². The molecule has 0 N–H and O–H groups in total. The smallest absolute Gasteiger partial charge is 0.0964 e. The van der Waals surface area contributed by atoms with Crippen LogP contribution in [-0.2, 0) is 0 Å². The molecule has 0 saturated heterocycles. The van der Waals surface area contributed by atoms with Gasteiger partial charge in [0.1, 0.15) is 0 Å². The fraction of sp³-hybridized carbons (Fsp3) is 0.125. The Kier molecular flexibility index (Phi) is 1.28. The Balaban J connectivity index is 2.75. The second-order valence-corrected chi connectivity index (χ2v) is 2.37. The van der Waals surface area contributed by atoms with E-state index < -0.39 is 0 Å². The Morgan fingerprint density at radius 3 is 3.09 bits per heavy atom. The first-order valence-corrected chi connectivity index (χ1v) is 3.41. The quantitative estimate of drug-likeness (QED) is 0.560. The summed E-state index contributed by atoms with van der Waals surface area (Å²) in [5.41, 5.74) is 2.86. The molecule has 0 amide bonds. The monoisotopic (exact) mass is 145 g/mol. The highest BCUT2D eigenvalue weighted by Gasteiger charge is 2.06. The molecule has 0 aromatic heterocycles. The molecule has 2 heterocycles. The Bertz CT molecular complexity index is 345. The Labute approximate surface area is 64.5 Å². The third-order valence-corrected chi connectivity index (χ3v) is 1.60. The van der Waals surface area contributed by atoms with E-state index in [0.717, 1.165) is 17.0 Å². The highest BCUT2D eigenvalue weighted by Crippen LogP contribution is 2.18. The van der Waals surface area contributed by atoms with Crippen molar-refractivity contribution in [3.05, 3.63) is 30.2 Å². The van der Waals surface area contributed by atoms with Gasteiger partial charge in [0.15, 0.2) is 0 Å². The maximum Gasteiger partial charge on any atom is 0.0964 e. The first-order valence-electron chi connectivity index (χ1n) is 3.41. The SMILES string of the molecule is Cc1nnc2cccncc1-2. The maximum absolute atomic E-state index is 4.03. The number of hydrogen-bond acceptors (Lipinski definition) is 3. The average molecular weight is 145 g/mol. The van der Waals surface area contributed by atoms with E-state index in [1.54, 1.807) is 12.4 Å². The summed E-state index contributed by atoms with van der Waals surface area (Å²) >= 11 is 0. The van der Waals surface area contributed by atoms with Crippen molar-refractivity contribution < 1.29 is 0 Å². The number of rotatable bonds is 0. The molecule has 2 rings (SSSR count). The summed E-state index contributed by atoms with van der Waals surface area (Å²) in [6.45, 7) is 1.93. The fourth-order valence-electron chi connectivity index (χ4n) is 1.01. The van der Waals surface area contributed by atoms with Gasteiger partial charge in [-0.15, -0.1) is 0 Å². The first kappa shape index (κ1) is 6.22. The highest BCUT2D eigenvalue weighted by atomic mass is 15.1. The third kappa shape index (κ3) is 0.941. The van der Waals surface area contributed by atoms with Crippen LogP contribution in [0.3, 0.4) is 0 Å². The van der Waals surface area contributed by atoms with Crippen LogP contribution in [0.5, 0.6) is 0 Å². The molecule has 3 heteroatoms. The molecule has 11 heavy (non-hydrogen) atoms. The number of fused-ring (bicyclic) bond motifs is 1. The molecular weight excluding hydrogens is 138 g/mol. The Morgan fingerprint density at radius 1 is 1.27 bits per heavy atom. The molecule has 0 aliphatic carbocycles. The van der Waals surface area contributed by atoms with Gasteiger partial charge in [0, 0.05) is 18.0 Å². The van der Waals surface area contributed by atoms with Crippen molar-refractivity contribution in [3.8, 4) is 11.3 Å². The minimum absolute atomic E-state index is 0.903. The molecule has 0 fully saturated rings. The third-order valence-electron chi connectivity index (χ3n) is 1.60. The van der Waals surface area contributed by atoms with Crippen LogP contribution in [-0.4, -0.2) is 15.2 Å². The summed E-state index contributed by atoms with van der Waals surface area (Å²) in [6.07, 6.45) is 3.52. The lowest BCUT2D eigenvalue weighted by molar-refractivity contribution is 1.06. The van der Waals surface area contributed by atoms with Crippen molar-refractivity contribution in [1.29, 1.82) is 0 Å². The van der Waals surface area contributed by atoms with E-state index in [0.29, 0.717) is 0 Å². The Hall–Kier alpha value is -1.51. The second-order valence-electron chi connectivity index (χ2n) is 2.37. The van der Waals surface area contributed by atoms with Crippen molar-refractivity contribution in [3.63, 3.8) is 0 Å². The second kappa shape index (κ2) is 2.27. The molecule has 2 aliphatic heterocycles. The van der Waals surface area contributed by atoms with Crippen LogP contribution < -0.4 is 0 Å². The highest BCUT2D eigenvalue weighted by molar-refractivity contribution is 5.60. The van der Waals surface area contributed by atoms with E-state index >= 15 is 0 Å². The maximum atomic E-state index is 4.03. The standard InChI is InChI=1S/C8H7N3/c1-6-7-5-9-4-2-3-8(7)11-10-6/h2-5H,1H3. The van der Waals surface area contributed by atoms with Gasteiger partial charge in [0.2, 0.25) is 0 Å². The zero-order valence-electron chi connectivity index (χ0n) is 6.15. The predicted molar refractivity (Wildman–Crippen MR) is 41.2 cm³/mol. The van der Waals surface area contributed by atoms with Crippen LogP contribution in [0.4, 0.5) is 0 Å². The molecule has 0 aromatic carbocycles. The summed E-state index contributed by atoms with van der Waals surface area (Å²) < 4.78 is 0. The van der Waals surface area contributed by atoms with Crippen LogP contribution in [0.2, 0.25) is 0 Å². The molecular formula is C8H7N3. The van der Waals surface area contributed by atoms with Crippen LogP contribution in [0.15, 0.2) is 24.5 Å². The molecule has 0 spiro atoms. The topological polar surface area (TPSA) is 38.7 Å². The van der Waals surface area contributed by atoms with E-state index in [-0.39, 0.29) is 0 Å². The summed E-state index contributed by atoms with van der Waals surface area (Å²) in [5.74, 6) is 0. The number of aromatic nitrogens is 3. The minimum Gasteiger partial charge on any atom is -0.264 e. The lowest BCUT2D eigenvalue weighted by Crippen LogP contribution is -1.71. The zero-order chi connectivity index (χ0) is 7.68. The molecule has 0 unspecified atom stereocenters. The molecule has 3 nitrogen and oxygen atoms in total. The van der Waals surface area contributed by atoms with E-state index in [1.165, 1.54) is 0 Å². The van der Waals surface area contributed by atoms with E-state index in [9.17, 15) is 0 Å². The van der Waals surface area contributed by atoms with Crippen LogP contribution in [0.25, 0.3) is 11.3 Å². The van der Waals surface area contributed by atoms with Gasteiger partial charge >= 0.3 is 0 Å². The van der Waals surface area contributed by atoms with Crippen molar-refractivity contribution in [2.24, 2.45) is 0 Å². The van der Waals surface area contributed by atoms with Crippen LogP contribution in [0, 0.1) is 6.92 Å². The lowest BCUT2D eigenvalue weighted by Gasteiger charge is -1.84. The molecule has 0 aromatic rings. The van der Waals surface area contributed by atoms with Crippen molar-refractivity contribution >= 4 is 0 Å². The van der Waals surface area contributed by atoms with Crippen LogP contribution >= 0.6 is 0 Å². The average Bonchev–Trinajstić information content (AvgIpc) is 2.25. The van der Waals surface area contributed by atoms with Crippen molar-refractivity contribution in [2.75, 3.05) is 0 Å². The van der Waals surface area contributed by atoms with Gasteiger partial charge in [-0.2, -0.15) is 10.2 Å². The van der Waals surface area contributed by atoms with Gasteiger partial charge in [0.05, 0.1) is 11.4 Å². The summed E-state index contributed by atoms with van der Waals surface area (Å²) in [4.78, 5) is 4.03. The lowest BCUT2D eigenvalue weighted by atomic mass is 10.2. The van der Waals surface area contributed by atoms with E-state index in [4.69, 9.17) is 0 Å². The van der Waals surface area contributed by atoms with E-state index in [2.05, 4.69) is 15.2 Å². The molecule has 0 bridgehead atoms. The summed E-state index contributed by atoms with van der Waals surface area (Å²) in [5, 5.41) is 7.90. The summed E-state index contributed by atoms with van der Waals surface area (Å²) in [6, 6.07) is 3.76.